The van der Waals surface area contributed by atoms with Crippen molar-refractivity contribution >= 4 is 38.1 Å². The summed E-state index contributed by atoms with van der Waals surface area (Å²) in [5, 5.41) is 2.87. The molecule has 1 aliphatic heterocycles. The van der Waals surface area contributed by atoms with Crippen molar-refractivity contribution in [2.24, 2.45) is 0 Å². The van der Waals surface area contributed by atoms with Crippen LogP contribution in [-0.2, 0) is 16.4 Å². The molecule has 0 atom stereocenters. The Morgan fingerprint density at radius 2 is 1.90 bits per heavy atom. The largest absolute Gasteiger partial charge is 0.345 e. The number of aromatic nitrogens is 3. The number of anilines is 1. The average molecular weight is 482 g/mol. The minimum Gasteiger partial charge on any atom is -0.345 e. The Morgan fingerprint density at radius 1 is 1.16 bits per heavy atom. The summed E-state index contributed by atoms with van der Waals surface area (Å²) in [7, 11) is -3.64. The van der Waals surface area contributed by atoms with Gasteiger partial charge in [-0.1, -0.05) is 17.7 Å². The van der Waals surface area contributed by atoms with Gasteiger partial charge in [0.05, 0.1) is 22.6 Å². The molecule has 0 N–H and O–H groups in total. The molecule has 7 nitrogen and oxygen atoms in total. The van der Waals surface area contributed by atoms with Gasteiger partial charge in [0.1, 0.15) is 16.5 Å². The van der Waals surface area contributed by atoms with Gasteiger partial charge in [0.25, 0.3) is 0 Å². The Hall–Kier alpha value is -2.14. The van der Waals surface area contributed by atoms with Gasteiger partial charge in [0, 0.05) is 38.0 Å². The number of halogens is 2. The van der Waals surface area contributed by atoms with Gasteiger partial charge >= 0.3 is 0 Å². The fourth-order valence-corrected chi connectivity index (χ4v) is 5.99. The van der Waals surface area contributed by atoms with Gasteiger partial charge in [-0.05, 0) is 31.5 Å². The van der Waals surface area contributed by atoms with Gasteiger partial charge in [-0.2, -0.15) is 4.31 Å². The molecule has 3 aromatic rings. The van der Waals surface area contributed by atoms with Gasteiger partial charge in [-0.15, -0.1) is 11.3 Å². The standard InChI is InChI=1S/C20H21ClFN5O2S2/c1-13-19(11-23-14(2)24-13)31(28,29)27-7-5-26(6-8-27)20-25-16(12-30-20)9-15-3-4-17(21)18(22)10-15/h3-4,10-12H,5-9H2,1-2H3. The van der Waals surface area contributed by atoms with Crippen LogP contribution < -0.4 is 4.90 Å². The zero-order valence-corrected chi connectivity index (χ0v) is 19.4. The molecule has 0 unspecified atom stereocenters. The van der Waals surface area contributed by atoms with Gasteiger partial charge in [0.15, 0.2) is 5.13 Å². The highest BCUT2D eigenvalue weighted by Crippen LogP contribution is 2.26. The molecule has 1 aromatic carbocycles. The molecule has 0 spiro atoms. The van der Waals surface area contributed by atoms with Gasteiger partial charge < -0.3 is 4.90 Å². The zero-order chi connectivity index (χ0) is 22.2. The summed E-state index contributed by atoms with van der Waals surface area (Å²) in [4.78, 5) is 15.1. The van der Waals surface area contributed by atoms with Crippen molar-refractivity contribution in [3.05, 3.63) is 63.4 Å². The van der Waals surface area contributed by atoms with Crippen molar-refractivity contribution in [3.63, 3.8) is 0 Å². The maximum atomic E-state index is 13.7. The first kappa shape index (κ1) is 22.1. The summed E-state index contributed by atoms with van der Waals surface area (Å²) in [6.45, 7) is 5.19. The number of thiazole rings is 1. The third-order valence-electron chi connectivity index (χ3n) is 5.09. The number of hydrogen-bond donors (Lipinski definition) is 0. The summed E-state index contributed by atoms with van der Waals surface area (Å²) in [6.07, 6.45) is 1.89. The van der Waals surface area contributed by atoms with E-state index in [1.807, 2.05) is 5.38 Å². The van der Waals surface area contributed by atoms with Crippen LogP contribution in [0.25, 0.3) is 0 Å². The summed E-state index contributed by atoms with van der Waals surface area (Å²) >= 11 is 7.24. The molecule has 2 aromatic heterocycles. The van der Waals surface area contributed by atoms with Crippen molar-refractivity contribution in [3.8, 4) is 0 Å². The molecule has 0 radical (unpaired) electrons. The van der Waals surface area contributed by atoms with Crippen molar-refractivity contribution < 1.29 is 12.8 Å². The lowest BCUT2D eigenvalue weighted by Gasteiger charge is -2.33. The zero-order valence-electron chi connectivity index (χ0n) is 17.0. The number of benzene rings is 1. The summed E-state index contributed by atoms with van der Waals surface area (Å²) in [5.74, 6) is 0.100. The van der Waals surface area contributed by atoms with E-state index in [2.05, 4.69) is 19.9 Å². The van der Waals surface area contributed by atoms with Crippen LogP contribution in [0.15, 0.2) is 34.7 Å². The van der Waals surface area contributed by atoms with Crippen LogP contribution in [0.4, 0.5) is 9.52 Å². The van der Waals surface area contributed by atoms with Gasteiger partial charge in [-0.25, -0.2) is 27.8 Å². The lowest BCUT2D eigenvalue weighted by atomic mass is 10.1. The van der Waals surface area contributed by atoms with Crippen LogP contribution in [0.5, 0.6) is 0 Å². The second-order valence-electron chi connectivity index (χ2n) is 7.30. The normalized spacial score (nSPS) is 15.4. The second kappa shape index (κ2) is 8.78. The fraction of sp³-hybridized carbons (Fsp3) is 0.350. The molecule has 4 rings (SSSR count). The fourth-order valence-electron chi connectivity index (χ4n) is 3.47. The molecule has 0 aliphatic carbocycles. The Balaban J connectivity index is 1.41. The maximum absolute atomic E-state index is 13.7. The Labute approximate surface area is 189 Å². The number of hydrogen-bond acceptors (Lipinski definition) is 7. The third-order valence-corrected chi connectivity index (χ3v) is 8.35. The predicted octanol–water partition coefficient (Wildman–Crippen LogP) is 3.44. The van der Waals surface area contributed by atoms with E-state index in [9.17, 15) is 12.8 Å². The molecule has 0 bridgehead atoms. The van der Waals surface area contributed by atoms with E-state index in [0.29, 0.717) is 44.1 Å². The molecular weight excluding hydrogens is 461 g/mol. The number of sulfonamides is 1. The summed E-state index contributed by atoms with van der Waals surface area (Å²) in [5.41, 5.74) is 2.09. The Bertz CT molecular complexity index is 1210. The highest BCUT2D eigenvalue weighted by atomic mass is 35.5. The highest BCUT2D eigenvalue weighted by Gasteiger charge is 2.31. The molecule has 11 heteroatoms. The maximum Gasteiger partial charge on any atom is 0.246 e. The van der Waals surface area contributed by atoms with Crippen molar-refractivity contribution in [1.82, 2.24) is 19.3 Å². The van der Waals surface area contributed by atoms with E-state index in [4.69, 9.17) is 11.6 Å². The van der Waals surface area contributed by atoms with Gasteiger partial charge in [-0.3, -0.25) is 0 Å². The topological polar surface area (TPSA) is 79.3 Å². The van der Waals surface area contributed by atoms with Crippen molar-refractivity contribution in [1.29, 1.82) is 0 Å². The first-order valence-corrected chi connectivity index (χ1v) is 12.4. The summed E-state index contributed by atoms with van der Waals surface area (Å²) in [6, 6.07) is 4.74. The predicted molar refractivity (Wildman–Crippen MR) is 119 cm³/mol. The smallest absolute Gasteiger partial charge is 0.246 e. The molecule has 164 valence electrons. The number of piperazine rings is 1. The quantitative estimate of drug-likeness (QED) is 0.555. The third kappa shape index (κ3) is 4.72. The van der Waals surface area contributed by atoms with Gasteiger partial charge in [0.2, 0.25) is 10.0 Å². The molecule has 1 saturated heterocycles. The SMILES string of the molecule is Cc1ncc(S(=O)(=O)N2CCN(c3nc(Cc4ccc(Cl)c(F)c4)cs3)CC2)c(C)n1. The van der Waals surface area contributed by atoms with E-state index in [1.54, 1.807) is 26.0 Å². The molecule has 1 fully saturated rings. The molecule has 1 aliphatic rings. The van der Waals surface area contributed by atoms with E-state index in [-0.39, 0.29) is 9.92 Å². The Morgan fingerprint density at radius 3 is 2.58 bits per heavy atom. The lowest BCUT2D eigenvalue weighted by molar-refractivity contribution is 0.384. The number of nitrogens with zero attached hydrogens (tertiary/aromatic N) is 5. The first-order valence-electron chi connectivity index (χ1n) is 9.68. The average Bonchev–Trinajstić information content (AvgIpc) is 3.19. The Kier molecular flexibility index (Phi) is 6.25. The second-order valence-corrected chi connectivity index (χ2v) is 10.5. The number of rotatable bonds is 5. The van der Waals surface area contributed by atoms with Crippen LogP contribution in [0.3, 0.4) is 0 Å². The van der Waals surface area contributed by atoms with E-state index >= 15 is 0 Å². The minimum absolute atomic E-state index is 0.0999. The van der Waals surface area contributed by atoms with E-state index < -0.39 is 15.8 Å². The molecule has 0 amide bonds. The van der Waals surface area contributed by atoms with Crippen molar-refractivity contribution in [2.75, 3.05) is 31.1 Å². The minimum atomic E-state index is -3.64. The lowest BCUT2D eigenvalue weighted by Crippen LogP contribution is -2.48. The highest BCUT2D eigenvalue weighted by molar-refractivity contribution is 7.89. The van der Waals surface area contributed by atoms with E-state index in [1.165, 1.54) is 27.9 Å². The van der Waals surface area contributed by atoms with Crippen molar-refractivity contribution in [2.45, 2.75) is 25.2 Å². The van der Waals surface area contributed by atoms with Crippen LogP contribution >= 0.6 is 22.9 Å². The summed E-state index contributed by atoms with van der Waals surface area (Å²) < 4.78 is 41.1. The molecular formula is C20H21ClFN5O2S2. The van der Waals surface area contributed by atoms with E-state index in [0.717, 1.165) is 16.4 Å². The molecule has 0 saturated carbocycles. The van der Waals surface area contributed by atoms with Crippen LogP contribution in [0.2, 0.25) is 5.02 Å². The monoisotopic (exact) mass is 481 g/mol. The molecule has 3 heterocycles. The van der Waals surface area contributed by atoms with Crippen LogP contribution in [0.1, 0.15) is 22.8 Å². The van der Waals surface area contributed by atoms with Crippen LogP contribution in [-0.4, -0.2) is 53.9 Å². The van der Waals surface area contributed by atoms with Crippen LogP contribution in [0, 0.1) is 19.7 Å². The number of aryl methyl sites for hydroxylation is 2. The molecule has 31 heavy (non-hydrogen) atoms. The first-order chi connectivity index (χ1) is 14.7.